The zero-order valence-electron chi connectivity index (χ0n) is 9.74. The van der Waals surface area contributed by atoms with Crippen LogP contribution >= 0.6 is 0 Å². The van der Waals surface area contributed by atoms with Crippen molar-refractivity contribution in [3.05, 3.63) is 0 Å². The summed E-state index contributed by atoms with van der Waals surface area (Å²) in [7, 11) is 0. The molecule has 0 spiro atoms. The van der Waals surface area contributed by atoms with Gasteiger partial charge in [0.2, 0.25) is 11.8 Å². The number of nitrogens with one attached hydrogen (secondary N) is 2. The number of rotatable bonds is 6. The fourth-order valence-corrected chi connectivity index (χ4v) is 1.23. The van der Waals surface area contributed by atoms with Gasteiger partial charge in [-0.25, -0.2) is 0 Å². The Hall–Kier alpha value is -1.59. The van der Waals surface area contributed by atoms with Crippen LogP contribution in [0.15, 0.2) is 0 Å². The summed E-state index contributed by atoms with van der Waals surface area (Å²) >= 11 is 0. The molecule has 0 radical (unpaired) electrons. The minimum atomic E-state index is -1.11. The van der Waals surface area contributed by atoms with Crippen molar-refractivity contribution in [2.24, 2.45) is 5.92 Å². The molecule has 6 nitrogen and oxygen atoms in total. The van der Waals surface area contributed by atoms with E-state index in [1.165, 1.54) is 6.92 Å². The van der Waals surface area contributed by atoms with Crippen LogP contribution in [0.2, 0.25) is 0 Å². The molecule has 16 heavy (non-hydrogen) atoms. The normalized spacial score (nSPS) is 12.0. The summed E-state index contributed by atoms with van der Waals surface area (Å²) in [6.45, 7) is 4.71. The van der Waals surface area contributed by atoms with Gasteiger partial charge in [0.05, 0.1) is 0 Å². The van der Waals surface area contributed by atoms with E-state index in [-0.39, 0.29) is 11.8 Å². The number of amides is 2. The van der Waals surface area contributed by atoms with Gasteiger partial charge in [-0.05, 0) is 12.3 Å². The molecule has 0 aliphatic rings. The van der Waals surface area contributed by atoms with Crippen molar-refractivity contribution in [2.75, 3.05) is 6.54 Å². The number of aliphatic carboxylic acids is 1. The highest BCUT2D eigenvalue weighted by molar-refractivity contribution is 5.88. The molecular weight excluding hydrogens is 212 g/mol. The van der Waals surface area contributed by atoms with Gasteiger partial charge in [-0.1, -0.05) is 13.8 Å². The molecule has 3 N–H and O–H groups in total. The average Bonchev–Trinajstić information content (AvgIpc) is 2.11. The molecule has 0 saturated carbocycles. The van der Waals surface area contributed by atoms with Gasteiger partial charge in [0, 0.05) is 6.92 Å². The van der Waals surface area contributed by atoms with E-state index in [0.29, 0.717) is 6.42 Å². The molecule has 6 heteroatoms. The molecule has 0 saturated heterocycles. The van der Waals surface area contributed by atoms with Gasteiger partial charge in [0.1, 0.15) is 12.6 Å². The van der Waals surface area contributed by atoms with E-state index in [0.717, 1.165) is 0 Å². The Balaban J connectivity index is 4.31. The zero-order valence-corrected chi connectivity index (χ0v) is 9.74. The molecule has 0 unspecified atom stereocenters. The summed E-state index contributed by atoms with van der Waals surface area (Å²) in [5, 5.41) is 13.1. The lowest BCUT2D eigenvalue weighted by molar-refractivity contribution is -0.138. The SMILES string of the molecule is CC(=O)N[C@H](CC(C)C)C(=O)NCC(=O)O. The Kier molecular flexibility index (Phi) is 6.14. The molecule has 2 amide bonds. The van der Waals surface area contributed by atoms with E-state index in [9.17, 15) is 14.4 Å². The van der Waals surface area contributed by atoms with Crippen LogP contribution in [0.1, 0.15) is 27.2 Å². The second-order valence-corrected chi connectivity index (χ2v) is 3.99. The van der Waals surface area contributed by atoms with Crippen molar-refractivity contribution in [1.29, 1.82) is 0 Å². The maximum Gasteiger partial charge on any atom is 0.322 e. The number of carbonyl (C=O) groups excluding carboxylic acids is 2. The summed E-state index contributed by atoms with van der Waals surface area (Å²) in [6.07, 6.45) is 0.477. The third-order valence-electron chi connectivity index (χ3n) is 1.81. The molecule has 0 heterocycles. The molecule has 1 atom stereocenters. The van der Waals surface area contributed by atoms with E-state index < -0.39 is 24.5 Å². The monoisotopic (exact) mass is 230 g/mol. The molecule has 0 aromatic carbocycles. The van der Waals surface area contributed by atoms with Crippen molar-refractivity contribution in [2.45, 2.75) is 33.2 Å². The number of carboxylic acids is 1. The van der Waals surface area contributed by atoms with Crippen LogP contribution in [-0.4, -0.2) is 35.5 Å². The highest BCUT2D eigenvalue weighted by Crippen LogP contribution is 2.04. The van der Waals surface area contributed by atoms with Gasteiger partial charge >= 0.3 is 5.97 Å². The Bertz CT molecular complexity index is 276. The molecule has 0 aromatic heterocycles. The largest absolute Gasteiger partial charge is 0.480 e. The van der Waals surface area contributed by atoms with Gasteiger partial charge in [-0.2, -0.15) is 0 Å². The van der Waals surface area contributed by atoms with E-state index in [1.807, 2.05) is 13.8 Å². The quantitative estimate of drug-likeness (QED) is 0.585. The van der Waals surface area contributed by atoms with Crippen LogP contribution in [-0.2, 0) is 14.4 Å². The molecule has 0 rings (SSSR count). The fourth-order valence-electron chi connectivity index (χ4n) is 1.23. The van der Waals surface area contributed by atoms with Crippen molar-refractivity contribution < 1.29 is 19.5 Å². The van der Waals surface area contributed by atoms with Crippen LogP contribution in [0.4, 0.5) is 0 Å². The lowest BCUT2D eigenvalue weighted by Gasteiger charge is -2.18. The van der Waals surface area contributed by atoms with Crippen LogP contribution in [0.5, 0.6) is 0 Å². The summed E-state index contributed by atoms with van der Waals surface area (Å²) in [4.78, 5) is 32.7. The number of carboxylic acid groups (broad SMARTS) is 1. The Morgan fingerprint density at radius 3 is 2.19 bits per heavy atom. The number of hydrogen-bond acceptors (Lipinski definition) is 3. The van der Waals surface area contributed by atoms with Gasteiger partial charge in [-0.15, -0.1) is 0 Å². The van der Waals surface area contributed by atoms with E-state index in [4.69, 9.17) is 5.11 Å². The molecule has 0 aromatic rings. The lowest BCUT2D eigenvalue weighted by Crippen LogP contribution is -2.47. The molecule has 0 fully saturated rings. The van der Waals surface area contributed by atoms with Crippen molar-refractivity contribution in [1.82, 2.24) is 10.6 Å². The fraction of sp³-hybridized carbons (Fsp3) is 0.700. The van der Waals surface area contributed by atoms with Crippen LogP contribution < -0.4 is 10.6 Å². The first-order valence-corrected chi connectivity index (χ1v) is 5.09. The third-order valence-corrected chi connectivity index (χ3v) is 1.81. The third kappa shape index (κ3) is 6.80. The summed E-state index contributed by atoms with van der Waals surface area (Å²) in [5.41, 5.74) is 0. The Labute approximate surface area is 94.4 Å². The van der Waals surface area contributed by atoms with Crippen molar-refractivity contribution in [3.8, 4) is 0 Å². The van der Waals surface area contributed by atoms with Gasteiger partial charge in [-0.3, -0.25) is 14.4 Å². The topological polar surface area (TPSA) is 95.5 Å². The highest BCUT2D eigenvalue weighted by Gasteiger charge is 2.20. The highest BCUT2D eigenvalue weighted by atomic mass is 16.4. The van der Waals surface area contributed by atoms with Crippen LogP contribution in [0.25, 0.3) is 0 Å². The minimum absolute atomic E-state index is 0.229. The average molecular weight is 230 g/mol. The van der Waals surface area contributed by atoms with E-state index >= 15 is 0 Å². The molecule has 92 valence electrons. The Morgan fingerprint density at radius 2 is 1.81 bits per heavy atom. The predicted octanol–water partition coefficient (Wildman–Crippen LogP) is -0.262. The molecule has 0 bridgehead atoms. The first-order chi connectivity index (χ1) is 7.32. The molecule has 0 aliphatic carbocycles. The van der Waals surface area contributed by atoms with Gasteiger partial charge in [0.25, 0.3) is 0 Å². The number of carbonyl (C=O) groups is 3. The number of hydrogen-bond donors (Lipinski definition) is 3. The second kappa shape index (κ2) is 6.81. The van der Waals surface area contributed by atoms with Crippen molar-refractivity contribution in [3.63, 3.8) is 0 Å². The molecule has 0 aliphatic heterocycles. The summed E-state index contributed by atoms with van der Waals surface area (Å²) < 4.78 is 0. The van der Waals surface area contributed by atoms with Crippen LogP contribution in [0.3, 0.4) is 0 Å². The lowest BCUT2D eigenvalue weighted by atomic mass is 10.0. The van der Waals surface area contributed by atoms with E-state index in [2.05, 4.69) is 10.6 Å². The Morgan fingerprint density at radius 1 is 1.25 bits per heavy atom. The van der Waals surface area contributed by atoms with Crippen LogP contribution in [0, 0.1) is 5.92 Å². The zero-order chi connectivity index (χ0) is 12.7. The maximum absolute atomic E-state index is 11.5. The second-order valence-electron chi connectivity index (χ2n) is 3.99. The van der Waals surface area contributed by atoms with Gasteiger partial charge in [0.15, 0.2) is 0 Å². The minimum Gasteiger partial charge on any atom is -0.480 e. The van der Waals surface area contributed by atoms with Crippen molar-refractivity contribution >= 4 is 17.8 Å². The summed E-state index contributed by atoms with van der Waals surface area (Å²) in [6, 6.07) is -0.670. The standard InChI is InChI=1S/C10H18N2O4/c1-6(2)4-8(12-7(3)13)10(16)11-5-9(14)15/h6,8H,4-5H2,1-3H3,(H,11,16)(H,12,13)(H,14,15)/t8-/m1/s1. The predicted molar refractivity (Wildman–Crippen MR) is 57.7 cm³/mol. The first kappa shape index (κ1) is 14.4. The van der Waals surface area contributed by atoms with Gasteiger partial charge < -0.3 is 15.7 Å². The molecular formula is C10H18N2O4. The smallest absolute Gasteiger partial charge is 0.322 e. The maximum atomic E-state index is 11.5. The van der Waals surface area contributed by atoms with E-state index in [1.54, 1.807) is 0 Å². The summed E-state index contributed by atoms with van der Waals surface area (Å²) in [5.74, 6) is -1.66. The first-order valence-electron chi connectivity index (χ1n) is 5.09.